The van der Waals surface area contributed by atoms with Crippen molar-refractivity contribution in [1.29, 1.82) is 0 Å². The Morgan fingerprint density at radius 2 is 2.00 bits per heavy atom. The summed E-state index contributed by atoms with van der Waals surface area (Å²) in [5.41, 5.74) is 2.44. The van der Waals surface area contributed by atoms with Gasteiger partial charge in [0.15, 0.2) is 0 Å². The van der Waals surface area contributed by atoms with Crippen LogP contribution in [0, 0.1) is 6.92 Å². The zero-order valence-corrected chi connectivity index (χ0v) is 12.7. The molecule has 1 saturated heterocycles. The van der Waals surface area contributed by atoms with Crippen LogP contribution in [0.2, 0.25) is 0 Å². The monoisotopic (exact) mass is 287 g/mol. The molecule has 106 valence electrons. The van der Waals surface area contributed by atoms with Crippen LogP contribution in [0.4, 0.5) is 0 Å². The molecule has 0 aliphatic carbocycles. The van der Waals surface area contributed by atoms with Crippen molar-refractivity contribution in [2.24, 2.45) is 0 Å². The molecule has 3 nitrogen and oxygen atoms in total. The van der Waals surface area contributed by atoms with Gasteiger partial charge in [0.25, 0.3) is 0 Å². The molecule has 1 N–H and O–H groups in total. The zero-order chi connectivity index (χ0) is 13.8. The summed E-state index contributed by atoms with van der Waals surface area (Å²) >= 11 is 2.07. The molecule has 20 heavy (non-hydrogen) atoms. The Morgan fingerprint density at radius 1 is 1.25 bits per heavy atom. The maximum Gasteiger partial charge on any atom is 0.110 e. The van der Waals surface area contributed by atoms with Crippen molar-refractivity contribution in [2.45, 2.75) is 32.4 Å². The van der Waals surface area contributed by atoms with Gasteiger partial charge in [-0.3, -0.25) is 4.57 Å². The standard InChI is InChI=1S/C16H21N3S/c1-13-17-11-16(12-18-14-7-9-20-10-8-14)19(13)15-5-3-2-4-6-15/h2-6,11,14,18H,7-10,12H2,1H3. The molecule has 1 aromatic carbocycles. The third kappa shape index (κ3) is 3.07. The number of imidazole rings is 1. The lowest BCUT2D eigenvalue weighted by Crippen LogP contribution is -2.32. The largest absolute Gasteiger partial charge is 0.308 e. The van der Waals surface area contributed by atoms with E-state index in [0.29, 0.717) is 6.04 Å². The lowest BCUT2D eigenvalue weighted by Gasteiger charge is -2.23. The lowest BCUT2D eigenvalue weighted by molar-refractivity contribution is 0.476. The van der Waals surface area contributed by atoms with Crippen molar-refractivity contribution in [1.82, 2.24) is 14.9 Å². The number of aromatic nitrogens is 2. The zero-order valence-electron chi connectivity index (χ0n) is 11.9. The second kappa shape index (κ2) is 6.46. The van der Waals surface area contributed by atoms with E-state index in [9.17, 15) is 0 Å². The van der Waals surface area contributed by atoms with Crippen LogP contribution in [0.5, 0.6) is 0 Å². The van der Waals surface area contributed by atoms with Crippen molar-refractivity contribution in [3.63, 3.8) is 0 Å². The van der Waals surface area contributed by atoms with Gasteiger partial charge < -0.3 is 5.32 Å². The highest BCUT2D eigenvalue weighted by Crippen LogP contribution is 2.18. The summed E-state index contributed by atoms with van der Waals surface area (Å²) in [6.07, 6.45) is 4.55. The van der Waals surface area contributed by atoms with Crippen LogP contribution in [0.3, 0.4) is 0 Å². The summed E-state index contributed by atoms with van der Waals surface area (Å²) in [7, 11) is 0. The molecule has 1 fully saturated rings. The summed E-state index contributed by atoms with van der Waals surface area (Å²) in [6, 6.07) is 11.1. The molecule has 0 bridgehead atoms. The van der Waals surface area contributed by atoms with Crippen molar-refractivity contribution in [3.05, 3.63) is 48.0 Å². The number of hydrogen-bond donors (Lipinski definition) is 1. The fourth-order valence-corrected chi connectivity index (χ4v) is 3.80. The Bertz CT molecular complexity index is 544. The summed E-state index contributed by atoms with van der Waals surface area (Å²) in [5.74, 6) is 3.62. The van der Waals surface area contributed by atoms with Crippen LogP contribution >= 0.6 is 11.8 Å². The van der Waals surface area contributed by atoms with Crippen LogP contribution in [0.15, 0.2) is 36.5 Å². The summed E-state index contributed by atoms with van der Waals surface area (Å²) in [6.45, 7) is 2.96. The number of rotatable bonds is 4. The molecule has 0 unspecified atom stereocenters. The van der Waals surface area contributed by atoms with Gasteiger partial charge in [-0.15, -0.1) is 0 Å². The quantitative estimate of drug-likeness (QED) is 0.937. The van der Waals surface area contributed by atoms with Crippen LogP contribution < -0.4 is 5.32 Å². The van der Waals surface area contributed by atoms with E-state index in [1.165, 1.54) is 35.7 Å². The Kier molecular flexibility index (Phi) is 4.43. The molecule has 2 heterocycles. The Hall–Kier alpha value is -1.26. The molecule has 3 rings (SSSR count). The van der Waals surface area contributed by atoms with Gasteiger partial charge in [-0.25, -0.2) is 4.98 Å². The fraction of sp³-hybridized carbons (Fsp3) is 0.438. The molecule has 4 heteroatoms. The average molecular weight is 287 g/mol. The van der Waals surface area contributed by atoms with Gasteiger partial charge in [-0.05, 0) is 43.4 Å². The van der Waals surface area contributed by atoms with Gasteiger partial charge in [0.2, 0.25) is 0 Å². The molecule has 0 saturated carbocycles. The molecular weight excluding hydrogens is 266 g/mol. The highest BCUT2D eigenvalue weighted by atomic mass is 32.2. The van der Waals surface area contributed by atoms with Gasteiger partial charge in [-0.1, -0.05) is 18.2 Å². The summed E-state index contributed by atoms with van der Waals surface area (Å²) in [5, 5.41) is 3.69. The average Bonchev–Trinajstić information content (AvgIpc) is 2.88. The lowest BCUT2D eigenvalue weighted by atomic mass is 10.1. The molecule has 0 amide bonds. The fourth-order valence-electron chi connectivity index (χ4n) is 2.70. The molecule has 1 aliphatic heterocycles. The number of thioether (sulfide) groups is 1. The number of nitrogens with zero attached hydrogens (tertiary/aromatic N) is 2. The first kappa shape index (κ1) is 13.7. The van der Waals surface area contributed by atoms with E-state index in [2.05, 4.69) is 57.8 Å². The number of nitrogens with one attached hydrogen (secondary N) is 1. The maximum atomic E-state index is 4.48. The van der Waals surface area contributed by atoms with Crippen molar-refractivity contribution < 1.29 is 0 Å². The van der Waals surface area contributed by atoms with Crippen LogP contribution in [-0.2, 0) is 6.54 Å². The number of aryl methyl sites for hydroxylation is 1. The van der Waals surface area contributed by atoms with E-state index in [4.69, 9.17) is 0 Å². The van der Waals surface area contributed by atoms with Gasteiger partial charge in [0.05, 0.1) is 11.9 Å². The van der Waals surface area contributed by atoms with Gasteiger partial charge in [-0.2, -0.15) is 11.8 Å². The number of hydrogen-bond acceptors (Lipinski definition) is 3. The third-order valence-corrected chi connectivity index (χ3v) is 4.87. The molecular formula is C16H21N3S. The summed E-state index contributed by atoms with van der Waals surface area (Å²) < 4.78 is 2.24. The van der Waals surface area contributed by atoms with E-state index in [0.717, 1.165) is 12.4 Å². The first-order valence-electron chi connectivity index (χ1n) is 7.24. The second-order valence-electron chi connectivity index (χ2n) is 5.24. The highest BCUT2D eigenvalue weighted by molar-refractivity contribution is 7.99. The van der Waals surface area contributed by atoms with E-state index < -0.39 is 0 Å². The number of benzene rings is 1. The smallest absolute Gasteiger partial charge is 0.110 e. The number of para-hydroxylation sites is 1. The van der Waals surface area contributed by atoms with E-state index in [1.54, 1.807) is 0 Å². The first-order valence-corrected chi connectivity index (χ1v) is 8.40. The van der Waals surface area contributed by atoms with Gasteiger partial charge in [0.1, 0.15) is 5.82 Å². The van der Waals surface area contributed by atoms with Crippen LogP contribution in [-0.4, -0.2) is 27.1 Å². The summed E-state index contributed by atoms with van der Waals surface area (Å²) in [4.78, 5) is 4.48. The van der Waals surface area contributed by atoms with E-state index in [1.807, 2.05) is 12.3 Å². The first-order chi connectivity index (χ1) is 9.84. The molecule has 1 aromatic heterocycles. The third-order valence-electron chi connectivity index (χ3n) is 3.82. The van der Waals surface area contributed by atoms with Crippen molar-refractivity contribution in [2.75, 3.05) is 11.5 Å². The second-order valence-corrected chi connectivity index (χ2v) is 6.46. The SMILES string of the molecule is Cc1ncc(CNC2CCSCC2)n1-c1ccccc1. The predicted molar refractivity (Wildman–Crippen MR) is 85.5 cm³/mol. The van der Waals surface area contributed by atoms with Crippen LogP contribution in [0.1, 0.15) is 24.4 Å². The van der Waals surface area contributed by atoms with E-state index >= 15 is 0 Å². The topological polar surface area (TPSA) is 29.9 Å². The molecule has 0 atom stereocenters. The minimum Gasteiger partial charge on any atom is -0.308 e. The van der Waals surface area contributed by atoms with E-state index in [-0.39, 0.29) is 0 Å². The highest BCUT2D eigenvalue weighted by Gasteiger charge is 2.14. The predicted octanol–water partition coefficient (Wildman–Crippen LogP) is 3.17. The van der Waals surface area contributed by atoms with Crippen molar-refractivity contribution >= 4 is 11.8 Å². The van der Waals surface area contributed by atoms with Gasteiger partial charge in [0, 0.05) is 18.3 Å². The molecule has 2 aromatic rings. The van der Waals surface area contributed by atoms with Crippen molar-refractivity contribution in [3.8, 4) is 5.69 Å². The molecule has 0 radical (unpaired) electrons. The maximum absolute atomic E-state index is 4.48. The molecule has 1 aliphatic rings. The minimum absolute atomic E-state index is 0.663. The Morgan fingerprint density at radius 3 is 2.75 bits per heavy atom. The minimum atomic E-state index is 0.663. The Balaban J connectivity index is 1.74. The van der Waals surface area contributed by atoms with Gasteiger partial charge >= 0.3 is 0 Å². The Labute approximate surface area is 124 Å². The normalized spacial score (nSPS) is 16.4. The molecule has 0 spiro atoms. The van der Waals surface area contributed by atoms with Crippen LogP contribution in [0.25, 0.3) is 5.69 Å².